The van der Waals surface area contributed by atoms with Gasteiger partial charge in [0, 0.05) is 12.1 Å². The number of para-hydroxylation sites is 1. The quantitative estimate of drug-likeness (QED) is 0.284. The fourth-order valence-corrected chi connectivity index (χ4v) is 4.51. The van der Waals surface area contributed by atoms with Crippen LogP contribution in [0.25, 0.3) is 0 Å². The molecule has 0 aromatic heterocycles. The Morgan fingerprint density at radius 3 is 2.23 bits per heavy atom. The third kappa shape index (κ3) is 4.00. The molecule has 9 heteroatoms. The van der Waals surface area contributed by atoms with Gasteiger partial charge < -0.3 is 4.74 Å². The highest BCUT2D eigenvalue weighted by Gasteiger charge is 2.60. The summed E-state index contributed by atoms with van der Waals surface area (Å²) in [7, 11) is 0. The Labute approximate surface area is 201 Å². The summed E-state index contributed by atoms with van der Waals surface area (Å²) >= 11 is 0. The van der Waals surface area contributed by atoms with Crippen molar-refractivity contribution in [2.45, 2.75) is 25.5 Å². The fraction of sp³-hybridized carbons (Fsp3) is 0.231. The molecule has 178 valence electrons. The third-order valence-corrected chi connectivity index (χ3v) is 6.14. The van der Waals surface area contributed by atoms with Gasteiger partial charge in [0.2, 0.25) is 5.91 Å². The number of carbonyl (C=O) groups excluding carboxylic acids is 2. The summed E-state index contributed by atoms with van der Waals surface area (Å²) in [5.41, 5.74) is 1.69. The minimum absolute atomic E-state index is 0.0590. The van der Waals surface area contributed by atoms with Crippen molar-refractivity contribution in [2.75, 3.05) is 16.6 Å². The molecule has 9 nitrogen and oxygen atoms in total. The number of fused-ring (bicyclic) bond motifs is 1. The van der Waals surface area contributed by atoms with Gasteiger partial charge in [-0.1, -0.05) is 37.3 Å². The van der Waals surface area contributed by atoms with E-state index >= 15 is 0 Å². The minimum atomic E-state index is -1.01. The van der Waals surface area contributed by atoms with Gasteiger partial charge in [0.15, 0.2) is 6.10 Å². The maximum atomic E-state index is 13.6. The topological polar surface area (TPSA) is 102 Å². The molecule has 35 heavy (non-hydrogen) atoms. The Morgan fingerprint density at radius 2 is 1.60 bits per heavy atom. The number of non-ortho nitro benzene ring substituents is 1. The lowest BCUT2D eigenvalue weighted by molar-refractivity contribution is -0.384. The van der Waals surface area contributed by atoms with E-state index < -0.39 is 28.9 Å². The Balaban J connectivity index is 1.50. The number of rotatable bonds is 7. The van der Waals surface area contributed by atoms with Gasteiger partial charge in [-0.2, -0.15) is 0 Å². The molecular formula is C26H23N3O6. The largest absolute Gasteiger partial charge is 0.494 e. The first-order chi connectivity index (χ1) is 17.0. The van der Waals surface area contributed by atoms with Gasteiger partial charge in [-0.25, -0.2) is 9.96 Å². The molecule has 2 aliphatic heterocycles. The zero-order valence-corrected chi connectivity index (χ0v) is 18.9. The van der Waals surface area contributed by atoms with Gasteiger partial charge in [-0.3, -0.25) is 24.5 Å². The van der Waals surface area contributed by atoms with Gasteiger partial charge >= 0.3 is 0 Å². The molecule has 2 heterocycles. The Hall–Kier alpha value is -4.24. The van der Waals surface area contributed by atoms with E-state index in [4.69, 9.17) is 9.57 Å². The van der Waals surface area contributed by atoms with Gasteiger partial charge in [0.05, 0.1) is 28.9 Å². The van der Waals surface area contributed by atoms with Crippen molar-refractivity contribution in [3.05, 3.63) is 94.5 Å². The number of amides is 2. The number of nitro groups is 1. The van der Waals surface area contributed by atoms with Crippen LogP contribution in [0.1, 0.15) is 24.9 Å². The van der Waals surface area contributed by atoms with Crippen LogP contribution in [-0.4, -0.2) is 29.4 Å². The predicted molar refractivity (Wildman–Crippen MR) is 128 cm³/mol. The fourth-order valence-electron chi connectivity index (χ4n) is 4.51. The number of nitro benzene ring substituents is 1. The maximum Gasteiger partial charge on any atom is 0.269 e. The average Bonchev–Trinajstić information content (AvgIpc) is 3.39. The van der Waals surface area contributed by atoms with Gasteiger partial charge in [0.25, 0.3) is 11.6 Å². The monoisotopic (exact) mass is 473 g/mol. The number of anilines is 2. The molecule has 3 aromatic carbocycles. The highest BCUT2D eigenvalue weighted by Crippen LogP contribution is 2.47. The van der Waals surface area contributed by atoms with Gasteiger partial charge in [-0.05, 0) is 48.4 Å². The molecule has 0 radical (unpaired) electrons. The predicted octanol–water partition coefficient (Wildman–Crippen LogP) is 4.43. The van der Waals surface area contributed by atoms with Crippen LogP contribution in [0.2, 0.25) is 0 Å². The van der Waals surface area contributed by atoms with E-state index in [1.54, 1.807) is 41.5 Å². The number of carbonyl (C=O) groups is 2. The number of nitrogens with zero attached hydrogens (tertiary/aromatic N) is 3. The van der Waals surface area contributed by atoms with Crippen molar-refractivity contribution in [3.8, 4) is 5.75 Å². The molecule has 2 amide bonds. The summed E-state index contributed by atoms with van der Waals surface area (Å²) in [5, 5.41) is 12.7. The normalized spacial score (nSPS) is 21.3. The van der Waals surface area contributed by atoms with Crippen molar-refractivity contribution in [2.24, 2.45) is 5.92 Å². The molecule has 0 saturated carbocycles. The second-order valence-corrected chi connectivity index (χ2v) is 8.36. The lowest BCUT2D eigenvalue weighted by atomic mass is 9.90. The SMILES string of the molecule is CCCOc1ccc(N2C(=O)[C@H]3[C@H](ON(c4ccccc4)[C@@H]3c3ccc([N+](=O)[O-])cc3)C2=O)cc1. The molecule has 0 N–H and O–H groups in total. The van der Waals surface area contributed by atoms with Crippen LogP contribution in [0.4, 0.5) is 17.1 Å². The standard InChI is InChI=1S/C26H23N3O6/c1-2-16-34-21-14-12-18(13-15-21)27-25(30)22-23(17-8-10-20(11-9-17)29(32)33)28(35-24(22)26(27)31)19-6-4-3-5-7-19/h3-15,22-24H,2,16H2,1H3/t22-,23-,24+/m1/s1. The van der Waals surface area contributed by atoms with Crippen molar-refractivity contribution < 1.29 is 24.1 Å². The second-order valence-electron chi connectivity index (χ2n) is 8.36. The van der Waals surface area contributed by atoms with E-state index in [2.05, 4.69) is 0 Å². The third-order valence-electron chi connectivity index (χ3n) is 6.14. The molecular weight excluding hydrogens is 450 g/mol. The first-order valence-electron chi connectivity index (χ1n) is 11.4. The summed E-state index contributed by atoms with van der Waals surface area (Å²) in [5.74, 6) is -0.998. The van der Waals surface area contributed by atoms with E-state index in [1.807, 2.05) is 37.3 Å². The van der Waals surface area contributed by atoms with Crippen molar-refractivity contribution >= 4 is 28.9 Å². The van der Waals surface area contributed by atoms with Crippen LogP contribution in [0.5, 0.6) is 5.75 Å². The van der Waals surface area contributed by atoms with Gasteiger partial charge in [0.1, 0.15) is 11.7 Å². The van der Waals surface area contributed by atoms with Crippen LogP contribution in [0.15, 0.2) is 78.9 Å². The average molecular weight is 473 g/mol. The van der Waals surface area contributed by atoms with E-state index in [-0.39, 0.29) is 11.6 Å². The summed E-state index contributed by atoms with van der Waals surface area (Å²) < 4.78 is 5.60. The van der Waals surface area contributed by atoms with Crippen molar-refractivity contribution in [3.63, 3.8) is 0 Å². The molecule has 2 saturated heterocycles. The minimum Gasteiger partial charge on any atom is -0.494 e. The number of hydrogen-bond acceptors (Lipinski definition) is 7. The molecule has 2 fully saturated rings. The van der Waals surface area contributed by atoms with Crippen LogP contribution in [0, 0.1) is 16.0 Å². The molecule has 2 aliphatic rings. The molecule has 0 aliphatic carbocycles. The zero-order chi connectivity index (χ0) is 24.5. The number of hydroxylamine groups is 1. The molecule has 3 aromatic rings. The van der Waals surface area contributed by atoms with Crippen LogP contribution >= 0.6 is 0 Å². The van der Waals surface area contributed by atoms with Gasteiger partial charge in [-0.15, -0.1) is 0 Å². The molecule has 5 rings (SSSR count). The summed E-state index contributed by atoms with van der Waals surface area (Å²) in [6.45, 7) is 2.58. The van der Waals surface area contributed by atoms with E-state index in [1.165, 1.54) is 12.1 Å². The summed E-state index contributed by atoms with van der Waals surface area (Å²) in [4.78, 5) is 44.9. The Bertz CT molecular complexity index is 1250. The van der Waals surface area contributed by atoms with Crippen molar-refractivity contribution in [1.82, 2.24) is 0 Å². The zero-order valence-electron chi connectivity index (χ0n) is 18.9. The maximum absolute atomic E-state index is 13.6. The number of ether oxygens (including phenoxy) is 1. The van der Waals surface area contributed by atoms with Crippen LogP contribution in [0.3, 0.4) is 0 Å². The van der Waals surface area contributed by atoms with E-state index in [0.717, 1.165) is 11.3 Å². The summed E-state index contributed by atoms with van der Waals surface area (Å²) in [6, 6.07) is 21.3. The van der Waals surface area contributed by atoms with Crippen LogP contribution in [-0.2, 0) is 14.4 Å². The molecule has 0 spiro atoms. The molecule has 0 bridgehead atoms. The highest BCUT2D eigenvalue weighted by atomic mass is 16.7. The first kappa shape index (κ1) is 22.5. The highest BCUT2D eigenvalue weighted by molar-refractivity contribution is 6.23. The summed E-state index contributed by atoms with van der Waals surface area (Å²) in [6.07, 6.45) is -0.146. The smallest absolute Gasteiger partial charge is 0.269 e. The Morgan fingerprint density at radius 1 is 0.914 bits per heavy atom. The van der Waals surface area contributed by atoms with E-state index in [0.29, 0.717) is 29.3 Å². The lowest BCUT2D eigenvalue weighted by Crippen LogP contribution is -2.37. The van der Waals surface area contributed by atoms with E-state index in [9.17, 15) is 19.7 Å². The number of benzene rings is 3. The molecule has 0 unspecified atom stereocenters. The van der Waals surface area contributed by atoms with Crippen LogP contribution < -0.4 is 14.7 Å². The number of imide groups is 1. The van der Waals surface area contributed by atoms with Crippen molar-refractivity contribution in [1.29, 1.82) is 0 Å². The molecule has 3 atom stereocenters. The Kier molecular flexibility index (Phi) is 5.92. The lowest BCUT2D eigenvalue weighted by Gasteiger charge is -2.28. The number of hydrogen-bond donors (Lipinski definition) is 0. The second kappa shape index (κ2) is 9.19. The first-order valence-corrected chi connectivity index (χ1v) is 11.4.